The summed E-state index contributed by atoms with van der Waals surface area (Å²) < 4.78 is 11.1. The van der Waals surface area contributed by atoms with Crippen molar-refractivity contribution in [2.24, 2.45) is 0 Å². The number of rotatable bonds is 7. The molecule has 0 fully saturated rings. The molecule has 3 atom stereocenters. The minimum atomic E-state index is -2.51. The highest BCUT2D eigenvalue weighted by Crippen LogP contribution is 2.16. The van der Waals surface area contributed by atoms with Gasteiger partial charge in [0.05, 0.1) is 19.3 Å². The van der Waals surface area contributed by atoms with E-state index < -0.39 is 39.3 Å². The van der Waals surface area contributed by atoms with Crippen LogP contribution >= 0.6 is 7.95 Å². The zero-order valence-corrected chi connectivity index (χ0v) is 8.38. The maximum absolute atomic E-state index is 11.1. The predicted molar refractivity (Wildman–Crippen MR) is 48.6 cm³/mol. The molecule has 0 bridgehead atoms. The lowest BCUT2D eigenvalue weighted by atomic mass is 10.3. The van der Waals surface area contributed by atoms with Crippen LogP contribution in [0.1, 0.15) is 0 Å². The molecule has 0 aliphatic rings. The Kier molecular flexibility index (Phi) is 6.69. The summed E-state index contributed by atoms with van der Waals surface area (Å²) in [5, 5.41) is 36.5. The number of hydrogen-bond acceptors (Lipinski definition) is 5. The standard InChI is InChI=1S/C6H14NO6P/c8-1-4(10)3-14(13)7-5(2-9)6(11)12/h4-5,8-10,14H,1-3H2,(H,7,13)(H,11,12)/t4?,5-/m0/s1. The molecule has 0 aromatic heterocycles. The number of carbonyl (C=O) groups is 1. The summed E-state index contributed by atoms with van der Waals surface area (Å²) in [6, 6.07) is -1.30. The highest BCUT2D eigenvalue weighted by atomic mass is 31.1. The lowest BCUT2D eigenvalue weighted by Crippen LogP contribution is -2.36. The smallest absolute Gasteiger partial charge is 0.323 e. The summed E-state index contributed by atoms with van der Waals surface area (Å²) in [5.41, 5.74) is 0. The van der Waals surface area contributed by atoms with E-state index in [9.17, 15) is 9.36 Å². The molecular weight excluding hydrogens is 213 g/mol. The molecule has 0 saturated heterocycles. The van der Waals surface area contributed by atoms with Gasteiger partial charge in [-0.15, -0.1) is 0 Å². The molecule has 0 saturated carbocycles. The van der Waals surface area contributed by atoms with Crippen LogP contribution < -0.4 is 5.09 Å². The Morgan fingerprint density at radius 3 is 2.29 bits per heavy atom. The summed E-state index contributed by atoms with van der Waals surface area (Å²) in [5.74, 6) is -1.32. The largest absolute Gasteiger partial charge is 0.480 e. The zero-order valence-electron chi connectivity index (χ0n) is 7.38. The Morgan fingerprint density at radius 1 is 1.36 bits per heavy atom. The SMILES string of the molecule is O=C(O)[C@H](CO)N[PH](=O)CC(O)CO. The highest BCUT2D eigenvalue weighted by Gasteiger charge is 2.19. The molecule has 2 unspecified atom stereocenters. The lowest BCUT2D eigenvalue weighted by Gasteiger charge is -2.12. The average Bonchev–Trinajstić information content (AvgIpc) is 2.13. The third-order valence-corrected chi connectivity index (χ3v) is 2.96. The van der Waals surface area contributed by atoms with E-state index in [2.05, 4.69) is 5.09 Å². The van der Waals surface area contributed by atoms with Crippen LogP contribution in [0.2, 0.25) is 0 Å². The fraction of sp³-hybridized carbons (Fsp3) is 0.833. The molecule has 0 rings (SSSR count). The van der Waals surface area contributed by atoms with E-state index in [4.69, 9.17) is 20.4 Å². The van der Waals surface area contributed by atoms with Gasteiger partial charge in [-0.2, -0.15) is 0 Å². The van der Waals surface area contributed by atoms with Crippen molar-refractivity contribution >= 4 is 13.9 Å². The Morgan fingerprint density at radius 2 is 1.93 bits per heavy atom. The van der Waals surface area contributed by atoms with Crippen LogP contribution in [0.4, 0.5) is 0 Å². The van der Waals surface area contributed by atoms with Crippen LogP contribution in [0.25, 0.3) is 0 Å². The molecule has 0 aliphatic heterocycles. The van der Waals surface area contributed by atoms with Gasteiger partial charge in [0.15, 0.2) is 0 Å². The van der Waals surface area contributed by atoms with E-state index in [1.165, 1.54) is 0 Å². The quantitative estimate of drug-likeness (QED) is 0.314. The second-order valence-electron chi connectivity index (χ2n) is 2.68. The van der Waals surface area contributed by atoms with E-state index in [1.807, 2.05) is 0 Å². The van der Waals surface area contributed by atoms with E-state index >= 15 is 0 Å². The van der Waals surface area contributed by atoms with Crippen LogP contribution in [0.15, 0.2) is 0 Å². The number of aliphatic hydroxyl groups is 3. The van der Waals surface area contributed by atoms with Crippen molar-refractivity contribution in [1.29, 1.82) is 0 Å². The Bertz CT molecular complexity index is 210. The van der Waals surface area contributed by atoms with Gasteiger partial charge in [-0.25, -0.2) is 0 Å². The number of carboxylic acids is 1. The molecule has 0 radical (unpaired) electrons. The summed E-state index contributed by atoms with van der Waals surface area (Å²) >= 11 is 0. The molecule has 0 spiro atoms. The van der Waals surface area contributed by atoms with Gasteiger partial charge < -0.3 is 25.0 Å². The first-order chi connectivity index (χ1) is 6.51. The first kappa shape index (κ1) is 13.5. The van der Waals surface area contributed by atoms with Crippen molar-refractivity contribution in [2.75, 3.05) is 19.4 Å². The van der Waals surface area contributed by atoms with Gasteiger partial charge in [0.2, 0.25) is 0 Å². The molecule has 0 heterocycles. The minimum absolute atomic E-state index is 0.217. The Labute approximate surface area is 81.2 Å². The maximum atomic E-state index is 11.1. The van der Waals surface area contributed by atoms with Gasteiger partial charge in [0, 0.05) is 6.16 Å². The normalized spacial score (nSPS) is 17.4. The number of carboxylic acid groups (broad SMARTS) is 1. The number of hydrogen-bond donors (Lipinski definition) is 5. The number of aliphatic hydroxyl groups excluding tert-OH is 3. The van der Waals surface area contributed by atoms with Crippen molar-refractivity contribution in [3.05, 3.63) is 0 Å². The summed E-state index contributed by atoms with van der Waals surface area (Å²) in [6.45, 7) is -1.21. The minimum Gasteiger partial charge on any atom is -0.480 e. The molecule has 14 heavy (non-hydrogen) atoms. The Hall–Kier alpha value is -0.460. The van der Waals surface area contributed by atoms with Crippen LogP contribution in [0.3, 0.4) is 0 Å². The molecule has 0 aromatic carbocycles. The fourth-order valence-corrected chi connectivity index (χ4v) is 2.00. The molecule has 8 heteroatoms. The van der Waals surface area contributed by atoms with E-state index in [1.54, 1.807) is 0 Å². The predicted octanol–water partition coefficient (Wildman–Crippen LogP) is -2.15. The highest BCUT2D eigenvalue weighted by molar-refractivity contribution is 7.42. The maximum Gasteiger partial charge on any atom is 0.323 e. The van der Waals surface area contributed by atoms with E-state index in [0.717, 1.165) is 0 Å². The topological polar surface area (TPSA) is 127 Å². The second-order valence-corrected chi connectivity index (χ2v) is 4.22. The van der Waals surface area contributed by atoms with Gasteiger partial charge in [-0.05, 0) is 0 Å². The van der Waals surface area contributed by atoms with Crippen molar-refractivity contribution < 1.29 is 29.8 Å². The van der Waals surface area contributed by atoms with Crippen LogP contribution in [-0.2, 0) is 9.36 Å². The molecule has 7 nitrogen and oxygen atoms in total. The zero-order chi connectivity index (χ0) is 11.1. The summed E-state index contributed by atoms with van der Waals surface area (Å²) in [6.07, 6.45) is -1.35. The van der Waals surface area contributed by atoms with Gasteiger partial charge >= 0.3 is 5.97 Å². The van der Waals surface area contributed by atoms with Crippen LogP contribution in [0.5, 0.6) is 0 Å². The Balaban J connectivity index is 3.97. The molecule has 0 aliphatic carbocycles. The molecule has 0 aromatic rings. The van der Waals surface area contributed by atoms with Gasteiger partial charge in [0.1, 0.15) is 14.0 Å². The van der Waals surface area contributed by atoms with Crippen molar-refractivity contribution in [3.8, 4) is 0 Å². The molecule has 0 amide bonds. The molecule has 84 valence electrons. The van der Waals surface area contributed by atoms with Crippen molar-refractivity contribution in [3.63, 3.8) is 0 Å². The molecular formula is C6H14NO6P. The first-order valence-electron chi connectivity index (χ1n) is 3.93. The number of nitrogens with one attached hydrogen (secondary N) is 1. The van der Waals surface area contributed by atoms with Gasteiger partial charge in [-0.1, -0.05) is 0 Å². The van der Waals surface area contributed by atoms with Gasteiger partial charge in [0.25, 0.3) is 0 Å². The van der Waals surface area contributed by atoms with Gasteiger partial charge in [-0.3, -0.25) is 9.88 Å². The third kappa shape index (κ3) is 5.31. The second kappa shape index (κ2) is 6.92. The average molecular weight is 227 g/mol. The fourth-order valence-electron chi connectivity index (χ4n) is 0.717. The van der Waals surface area contributed by atoms with Crippen LogP contribution in [-0.4, -0.2) is 57.9 Å². The number of aliphatic carboxylic acids is 1. The summed E-state index contributed by atoms with van der Waals surface area (Å²) in [4.78, 5) is 10.4. The van der Waals surface area contributed by atoms with Crippen molar-refractivity contribution in [2.45, 2.75) is 12.1 Å². The van der Waals surface area contributed by atoms with Crippen molar-refractivity contribution in [1.82, 2.24) is 5.09 Å². The van der Waals surface area contributed by atoms with E-state index in [-0.39, 0.29) is 6.16 Å². The van der Waals surface area contributed by atoms with E-state index in [0.29, 0.717) is 0 Å². The third-order valence-electron chi connectivity index (χ3n) is 1.45. The monoisotopic (exact) mass is 227 g/mol. The van der Waals surface area contributed by atoms with Crippen LogP contribution in [0, 0.1) is 0 Å². The first-order valence-corrected chi connectivity index (χ1v) is 5.54. The lowest BCUT2D eigenvalue weighted by molar-refractivity contribution is -0.139. The molecule has 5 N–H and O–H groups in total. The summed E-state index contributed by atoms with van der Waals surface area (Å²) in [7, 11) is -2.51.